The Kier molecular flexibility index (Phi) is 7.15. The quantitative estimate of drug-likeness (QED) is 0.342. The second kappa shape index (κ2) is 10.6. The molecule has 0 saturated heterocycles. The monoisotopic (exact) mass is 479 g/mol. The van der Waals surface area contributed by atoms with Gasteiger partial charge < -0.3 is 29.0 Å². The van der Waals surface area contributed by atoms with Gasteiger partial charge in [-0.2, -0.15) is 4.52 Å². The number of hydrogen-bond acceptors (Lipinski definition) is 9. The number of fused-ring (bicyclic) bond motifs is 1. The molecule has 0 fully saturated rings. The van der Waals surface area contributed by atoms with Gasteiger partial charge in [-0.25, -0.2) is 0 Å². The van der Waals surface area contributed by atoms with E-state index in [1.54, 1.807) is 61.2 Å². The van der Waals surface area contributed by atoms with Gasteiger partial charge in [-0.1, -0.05) is 6.07 Å². The summed E-state index contributed by atoms with van der Waals surface area (Å²) >= 11 is 0. The Morgan fingerprint density at radius 1 is 0.886 bits per heavy atom. The molecule has 11 heteroatoms. The highest BCUT2D eigenvalue weighted by molar-refractivity contribution is 5.97. The van der Waals surface area contributed by atoms with Gasteiger partial charge in [0, 0.05) is 11.6 Å². The Morgan fingerprint density at radius 2 is 1.69 bits per heavy atom. The highest BCUT2D eigenvalue weighted by Crippen LogP contribution is 2.32. The van der Waals surface area contributed by atoms with E-state index < -0.39 is 0 Å². The number of aromatic nitrogens is 4. The Hall–Kier alpha value is -4.54. The van der Waals surface area contributed by atoms with E-state index in [0.29, 0.717) is 45.9 Å². The average Bonchev–Trinajstić information content (AvgIpc) is 3.33. The molecule has 0 aliphatic heterocycles. The van der Waals surface area contributed by atoms with Crippen LogP contribution in [0.3, 0.4) is 0 Å². The van der Waals surface area contributed by atoms with Crippen molar-refractivity contribution in [3.8, 4) is 40.3 Å². The largest absolute Gasteiger partial charge is 0.493 e. The fourth-order valence-corrected chi connectivity index (χ4v) is 3.49. The number of rotatable bonds is 10. The Bertz CT molecular complexity index is 1340. The summed E-state index contributed by atoms with van der Waals surface area (Å²) in [7, 11) is 6.14. The first-order chi connectivity index (χ1) is 17.1. The molecule has 2 heterocycles. The number of para-hydroxylation sites is 1. The smallest absolute Gasteiger partial charge is 0.255 e. The number of carbonyl (C=O) groups is 1. The first-order valence-corrected chi connectivity index (χ1v) is 10.7. The minimum absolute atomic E-state index is 0.199. The summed E-state index contributed by atoms with van der Waals surface area (Å²) < 4.78 is 28.5. The van der Waals surface area contributed by atoms with Gasteiger partial charge >= 0.3 is 0 Å². The fourth-order valence-electron chi connectivity index (χ4n) is 3.49. The predicted molar refractivity (Wildman–Crippen MR) is 127 cm³/mol. The van der Waals surface area contributed by atoms with Gasteiger partial charge in [-0.3, -0.25) is 4.79 Å². The maximum Gasteiger partial charge on any atom is 0.255 e. The summed E-state index contributed by atoms with van der Waals surface area (Å²) in [5.41, 5.74) is 1.68. The van der Waals surface area contributed by atoms with E-state index in [-0.39, 0.29) is 19.1 Å². The standard InChI is InChI=1S/C24H25N5O6/c1-31-17-9-8-15(14-19(17)33-3)23-27-26-20-10-11-21(28-29(20)23)35-13-12-25-24(30)16-6-5-7-18(32-2)22(16)34-4/h5-11,14H,12-13H2,1-4H3,(H,25,30). The van der Waals surface area contributed by atoms with E-state index in [0.717, 1.165) is 5.56 Å². The summed E-state index contributed by atoms with van der Waals surface area (Å²) in [6.45, 7) is 0.452. The molecule has 0 spiro atoms. The topological polar surface area (TPSA) is 118 Å². The molecule has 0 atom stereocenters. The molecule has 4 aromatic rings. The molecule has 0 unspecified atom stereocenters. The molecule has 4 rings (SSSR count). The number of nitrogens with zero attached hydrogens (tertiary/aromatic N) is 4. The number of ether oxygens (including phenoxy) is 5. The van der Waals surface area contributed by atoms with Gasteiger partial charge in [0.25, 0.3) is 5.91 Å². The lowest BCUT2D eigenvalue weighted by Crippen LogP contribution is -2.28. The summed E-state index contributed by atoms with van der Waals surface area (Å²) in [6.07, 6.45) is 0. The molecule has 2 aromatic carbocycles. The van der Waals surface area contributed by atoms with Crippen LogP contribution >= 0.6 is 0 Å². The van der Waals surface area contributed by atoms with Gasteiger partial charge in [0.2, 0.25) is 5.88 Å². The molecule has 1 amide bonds. The van der Waals surface area contributed by atoms with Gasteiger partial charge in [0.05, 0.1) is 40.5 Å². The highest BCUT2D eigenvalue weighted by atomic mass is 16.5. The SMILES string of the molecule is COc1ccc(-c2nnc3ccc(OCCNC(=O)c4cccc(OC)c4OC)nn23)cc1OC. The molecular formula is C24H25N5O6. The van der Waals surface area contributed by atoms with Crippen molar-refractivity contribution in [3.63, 3.8) is 0 Å². The van der Waals surface area contributed by atoms with Crippen LogP contribution in [-0.4, -0.2) is 67.3 Å². The maximum absolute atomic E-state index is 12.6. The molecular weight excluding hydrogens is 454 g/mol. The van der Waals surface area contributed by atoms with Crippen molar-refractivity contribution in [2.24, 2.45) is 0 Å². The molecule has 0 bridgehead atoms. The van der Waals surface area contributed by atoms with Crippen molar-refractivity contribution < 1.29 is 28.5 Å². The Balaban J connectivity index is 1.44. The van der Waals surface area contributed by atoms with Crippen LogP contribution in [0.25, 0.3) is 17.0 Å². The zero-order chi connectivity index (χ0) is 24.8. The van der Waals surface area contributed by atoms with Crippen LogP contribution in [-0.2, 0) is 0 Å². The summed E-state index contributed by atoms with van der Waals surface area (Å²) in [5, 5.41) is 15.7. The van der Waals surface area contributed by atoms with Crippen molar-refractivity contribution in [1.82, 2.24) is 25.1 Å². The third kappa shape index (κ3) is 4.88. The molecule has 0 radical (unpaired) electrons. The average molecular weight is 479 g/mol. The number of carbonyl (C=O) groups excluding carboxylic acids is 1. The van der Waals surface area contributed by atoms with Crippen molar-refractivity contribution in [2.75, 3.05) is 41.6 Å². The molecule has 0 aliphatic carbocycles. The van der Waals surface area contributed by atoms with Crippen LogP contribution in [0.5, 0.6) is 28.9 Å². The van der Waals surface area contributed by atoms with Gasteiger partial charge in [-0.15, -0.1) is 15.3 Å². The predicted octanol–water partition coefficient (Wildman–Crippen LogP) is 2.63. The van der Waals surface area contributed by atoms with Crippen molar-refractivity contribution in [3.05, 3.63) is 54.1 Å². The first-order valence-electron chi connectivity index (χ1n) is 10.7. The second-order valence-corrected chi connectivity index (χ2v) is 7.18. The lowest BCUT2D eigenvalue weighted by Gasteiger charge is -2.12. The number of benzene rings is 2. The lowest BCUT2D eigenvalue weighted by atomic mass is 10.1. The Morgan fingerprint density at radius 3 is 2.43 bits per heavy atom. The number of nitrogens with one attached hydrogen (secondary N) is 1. The maximum atomic E-state index is 12.6. The van der Waals surface area contributed by atoms with Crippen LogP contribution in [0.1, 0.15) is 10.4 Å². The second-order valence-electron chi connectivity index (χ2n) is 7.18. The number of methoxy groups -OCH3 is 4. The zero-order valence-electron chi connectivity index (χ0n) is 19.8. The van der Waals surface area contributed by atoms with Gasteiger partial charge in [0.1, 0.15) is 6.61 Å². The lowest BCUT2D eigenvalue weighted by molar-refractivity contribution is 0.0942. The van der Waals surface area contributed by atoms with Gasteiger partial charge in [0.15, 0.2) is 34.5 Å². The molecule has 182 valence electrons. The summed E-state index contributed by atoms with van der Waals surface area (Å²) in [6, 6.07) is 14.0. The molecule has 0 aliphatic rings. The fraction of sp³-hybridized carbons (Fsp3) is 0.250. The Labute approximate surface area is 201 Å². The van der Waals surface area contributed by atoms with Gasteiger partial charge in [-0.05, 0) is 36.4 Å². The third-order valence-electron chi connectivity index (χ3n) is 5.17. The summed E-state index contributed by atoms with van der Waals surface area (Å²) in [4.78, 5) is 12.6. The minimum Gasteiger partial charge on any atom is -0.493 e. The van der Waals surface area contributed by atoms with Crippen molar-refractivity contribution in [1.29, 1.82) is 0 Å². The molecule has 2 aromatic heterocycles. The van der Waals surface area contributed by atoms with Crippen molar-refractivity contribution >= 4 is 11.6 Å². The van der Waals surface area contributed by atoms with Crippen LogP contribution in [0.15, 0.2) is 48.5 Å². The van der Waals surface area contributed by atoms with E-state index in [9.17, 15) is 4.79 Å². The normalized spacial score (nSPS) is 10.6. The molecule has 11 nitrogen and oxygen atoms in total. The molecule has 35 heavy (non-hydrogen) atoms. The molecule has 0 saturated carbocycles. The van der Waals surface area contributed by atoms with E-state index in [4.69, 9.17) is 23.7 Å². The highest BCUT2D eigenvalue weighted by Gasteiger charge is 2.16. The van der Waals surface area contributed by atoms with E-state index in [2.05, 4.69) is 20.6 Å². The van der Waals surface area contributed by atoms with E-state index >= 15 is 0 Å². The zero-order valence-corrected chi connectivity index (χ0v) is 19.8. The molecule has 1 N–H and O–H groups in total. The third-order valence-corrected chi connectivity index (χ3v) is 5.17. The van der Waals surface area contributed by atoms with E-state index in [1.165, 1.54) is 14.2 Å². The van der Waals surface area contributed by atoms with Crippen molar-refractivity contribution in [2.45, 2.75) is 0 Å². The minimum atomic E-state index is -0.303. The van der Waals surface area contributed by atoms with Crippen LogP contribution in [0.4, 0.5) is 0 Å². The number of amides is 1. The van der Waals surface area contributed by atoms with Crippen LogP contribution in [0, 0.1) is 0 Å². The summed E-state index contributed by atoms with van der Waals surface area (Å²) in [5.74, 6) is 2.59. The first kappa shape index (κ1) is 23.6. The number of hydrogen-bond donors (Lipinski definition) is 1. The van der Waals surface area contributed by atoms with Crippen LogP contribution < -0.4 is 29.0 Å². The van der Waals surface area contributed by atoms with Crippen LogP contribution in [0.2, 0.25) is 0 Å². The van der Waals surface area contributed by atoms with E-state index in [1.807, 2.05) is 6.07 Å².